The first-order chi connectivity index (χ1) is 13.7. The quantitative estimate of drug-likeness (QED) is 0.764. The van der Waals surface area contributed by atoms with E-state index in [1.165, 1.54) is 6.42 Å². The topological polar surface area (TPSA) is 65.1 Å². The summed E-state index contributed by atoms with van der Waals surface area (Å²) in [5, 5.41) is 0. The van der Waals surface area contributed by atoms with Gasteiger partial charge in [-0.2, -0.15) is 0 Å². The van der Waals surface area contributed by atoms with Crippen molar-refractivity contribution >= 4 is 16.9 Å². The van der Waals surface area contributed by atoms with E-state index in [0.29, 0.717) is 12.0 Å². The van der Waals surface area contributed by atoms with Crippen LogP contribution in [-0.4, -0.2) is 56.3 Å². The maximum atomic E-state index is 13.2. The SMILES string of the molecule is Cc1nc2ccc(C(=O)N3C[C@H]4CC[C@@H](C3)N(Cc3ccccn3)C4)cc2[nH]1. The van der Waals surface area contributed by atoms with Gasteiger partial charge in [0.1, 0.15) is 5.82 Å². The van der Waals surface area contributed by atoms with E-state index in [-0.39, 0.29) is 5.91 Å². The molecule has 3 aromatic rings. The van der Waals surface area contributed by atoms with Gasteiger partial charge in [-0.1, -0.05) is 6.07 Å². The Morgan fingerprint density at radius 2 is 2.11 bits per heavy atom. The molecule has 3 fully saturated rings. The summed E-state index contributed by atoms with van der Waals surface area (Å²) in [5.74, 6) is 1.54. The minimum atomic E-state index is 0.130. The van der Waals surface area contributed by atoms with Crippen LogP contribution in [0.4, 0.5) is 0 Å². The van der Waals surface area contributed by atoms with Gasteiger partial charge in [0.15, 0.2) is 0 Å². The smallest absolute Gasteiger partial charge is 0.253 e. The first kappa shape index (κ1) is 17.4. The summed E-state index contributed by atoms with van der Waals surface area (Å²) in [5.41, 5.74) is 3.69. The number of amides is 1. The fraction of sp³-hybridized carbons (Fsp3) is 0.409. The third-order valence-electron chi connectivity index (χ3n) is 6.05. The van der Waals surface area contributed by atoms with Crippen LogP contribution in [0.25, 0.3) is 11.0 Å². The monoisotopic (exact) mass is 375 g/mol. The van der Waals surface area contributed by atoms with Crippen LogP contribution in [0, 0.1) is 12.8 Å². The van der Waals surface area contributed by atoms with Crippen molar-refractivity contribution in [3.63, 3.8) is 0 Å². The number of rotatable bonds is 3. The zero-order chi connectivity index (χ0) is 19.1. The fourth-order valence-corrected chi connectivity index (χ4v) is 4.69. The summed E-state index contributed by atoms with van der Waals surface area (Å²) >= 11 is 0. The van der Waals surface area contributed by atoms with Gasteiger partial charge < -0.3 is 9.88 Å². The highest BCUT2D eigenvalue weighted by Crippen LogP contribution is 2.30. The van der Waals surface area contributed by atoms with Crippen LogP contribution < -0.4 is 0 Å². The Labute approximate surface area is 164 Å². The molecule has 2 aromatic heterocycles. The van der Waals surface area contributed by atoms with Gasteiger partial charge in [-0.05, 0) is 56.0 Å². The molecule has 1 amide bonds. The third kappa shape index (κ3) is 3.29. The number of imidazole rings is 1. The lowest BCUT2D eigenvalue weighted by Crippen LogP contribution is -2.44. The Bertz CT molecular complexity index is 999. The van der Waals surface area contributed by atoms with Gasteiger partial charge >= 0.3 is 0 Å². The zero-order valence-electron chi connectivity index (χ0n) is 16.1. The zero-order valence-corrected chi connectivity index (χ0v) is 16.1. The number of hydrogen-bond acceptors (Lipinski definition) is 4. The van der Waals surface area contributed by atoms with Gasteiger partial charge in [0.25, 0.3) is 5.91 Å². The molecule has 0 spiro atoms. The van der Waals surface area contributed by atoms with Crippen LogP contribution in [0.15, 0.2) is 42.6 Å². The molecule has 1 N–H and O–H groups in total. The highest BCUT2D eigenvalue weighted by Gasteiger charge is 2.36. The predicted octanol–water partition coefficient (Wildman–Crippen LogP) is 3.00. The number of H-pyrrole nitrogens is 1. The molecule has 6 heteroatoms. The number of fused-ring (bicyclic) bond motifs is 5. The molecule has 2 atom stereocenters. The first-order valence-corrected chi connectivity index (χ1v) is 10.1. The van der Waals surface area contributed by atoms with Crippen molar-refractivity contribution in [3.8, 4) is 0 Å². The molecule has 1 aromatic carbocycles. The largest absolute Gasteiger partial charge is 0.342 e. The van der Waals surface area contributed by atoms with Gasteiger partial charge in [0, 0.05) is 44.0 Å². The Balaban J connectivity index is 1.35. The standard InChI is InChI=1S/C22H25N5O/c1-15-24-20-8-6-17(10-21(20)25-15)22(28)27-12-16-5-7-19(14-27)26(11-16)13-18-4-2-3-9-23-18/h2-4,6,8-10,16,19H,5,7,11-14H2,1H3,(H,24,25)/t16-,19-/m0/s1. The van der Waals surface area contributed by atoms with Gasteiger partial charge in [-0.3, -0.25) is 14.7 Å². The molecular weight excluding hydrogens is 350 g/mol. The lowest BCUT2D eigenvalue weighted by molar-refractivity contribution is 0.0735. The van der Waals surface area contributed by atoms with Crippen LogP contribution >= 0.6 is 0 Å². The summed E-state index contributed by atoms with van der Waals surface area (Å²) in [6.07, 6.45) is 4.21. The summed E-state index contributed by atoms with van der Waals surface area (Å²) in [4.78, 5) is 30.0. The normalized spacial score (nSPS) is 22.5. The van der Waals surface area contributed by atoms with Crippen molar-refractivity contribution in [2.75, 3.05) is 19.6 Å². The summed E-state index contributed by atoms with van der Waals surface area (Å²) in [7, 11) is 0. The minimum Gasteiger partial charge on any atom is -0.342 e. The molecule has 5 heterocycles. The van der Waals surface area contributed by atoms with Crippen LogP contribution in [0.3, 0.4) is 0 Å². The molecule has 3 saturated heterocycles. The average Bonchev–Trinajstić information content (AvgIpc) is 2.86. The maximum Gasteiger partial charge on any atom is 0.253 e. The summed E-state index contributed by atoms with van der Waals surface area (Å²) < 4.78 is 0. The second kappa shape index (κ2) is 7.02. The number of pyridine rings is 1. The van der Waals surface area contributed by atoms with Crippen molar-refractivity contribution < 1.29 is 4.79 Å². The van der Waals surface area contributed by atoms with E-state index in [1.807, 2.05) is 43.5 Å². The van der Waals surface area contributed by atoms with Gasteiger partial charge in [0.05, 0.1) is 16.7 Å². The minimum absolute atomic E-state index is 0.130. The number of carbonyl (C=O) groups excluding carboxylic acids is 1. The molecule has 0 aliphatic carbocycles. The van der Waals surface area contributed by atoms with E-state index in [4.69, 9.17) is 0 Å². The van der Waals surface area contributed by atoms with Crippen molar-refractivity contribution in [3.05, 3.63) is 59.7 Å². The molecular formula is C22H25N5O. The van der Waals surface area contributed by atoms with E-state index in [0.717, 1.165) is 60.7 Å². The van der Waals surface area contributed by atoms with Crippen molar-refractivity contribution in [2.45, 2.75) is 32.4 Å². The first-order valence-electron chi connectivity index (χ1n) is 10.1. The predicted molar refractivity (Wildman–Crippen MR) is 108 cm³/mol. The molecule has 3 aliphatic rings. The molecule has 144 valence electrons. The molecule has 2 bridgehead atoms. The second-order valence-corrected chi connectivity index (χ2v) is 8.11. The van der Waals surface area contributed by atoms with E-state index in [1.54, 1.807) is 0 Å². The Kier molecular flexibility index (Phi) is 4.36. The van der Waals surface area contributed by atoms with Crippen LogP contribution in [-0.2, 0) is 6.54 Å². The van der Waals surface area contributed by atoms with E-state index in [2.05, 4.69) is 30.8 Å². The average molecular weight is 375 g/mol. The molecule has 0 unspecified atom stereocenters. The fourth-order valence-electron chi connectivity index (χ4n) is 4.69. The Morgan fingerprint density at radius 3 is 2.96 bits per heavy atom. The van der Waals surface area contributed by atoms with Gasteiger partial charge in [-0.15, -0.1) is 0 Å². The lowest BCUT2D eigenvalue weighted by Gasteiger charge is -2.35. The highest BCUT2D eigenvalue weighted by atomic mass is 16.2. The van der Waals surface area contributed by atoms with Crippen molar-refractivity contribution in [1.82, 2.24) is 24.8 Å². The number of piperidine rings is 1. The van der Waals surface area contributed by atoms with Crippen LogP contribution in [0.5, 0.6) is 0 Å². The van der Waals surface area contributed by atoms with E-state index >= 15 is 0 Å². The number of aromatic amines is 1. The number of aryl methyl sites for hydroxylation is 1. The van der Waals surface area contributed by atoms with Crippen molar-refractivity contribution in [1.29, 1.82) is 0 Å². The molecule has 0 saturated carbocycles. The molecule has 6 nitrogen and oxygen atoms in total. The number of carbonyl (C=O) groups is 1. The number of benzene rings is 1. The lowest BCUT2D eigenvalue weighted by atomic mass is 9.95. The van der Waals surface area contributed by atoms with Gasteiger partial charge in [-0.25, -0.2) is 4.98 Å². The summed E-state index contributed by atoms with van der Waals surface area (Å²) in [6.45, 7) is 5.48. The Hall–Kier alpha value is -2.73. The van der Waals surface area contributed by atoms with E-state index in [9.17, 15) is 4.79 Å². The molecule has 6 rings (SSSR count). The number of nitrogens with one attached hydrogen (secondary N) is 1. The molecule has 0 radical (unpaired) electrons. The van der Waals surface area contributed by atoms with E-state index < -0.39 is 0 Å². The van der Waals surface area contributed by atoms with Crippen molar-refractivity contribution in [2.24, 2.45) is 5.92 Å². The highest BCUT2D eigenvalue weighted by molar-refractivity contribution is 5.97. The van der Waals surface area contributed by atoms with Crippen LogP contribution in [0.2, 0.25) is 0 Å². The van der Waals surface area contributed by atoms with Gasteiger partial charge in [0.2, 0.25) is 0 Å². The number of nitrogens with zero attached hydrogens (tertiary/aromatic N) is 4. The summed E-state index contributed by atoms with van der Waals surface area (Å²) in [6, 6.07) is 12.3. The molecule has 3 aliphatic heterocycles. The third-order valence-corrected chi connectivity index (χ3v) is 6.05. The second-order valence-electron chi connectivity index (χ2n) is 8.11. The number of hydrogen-bond donors (Lipinski definition) is 1. The maximum absolute atomic E-state index is 13.2. The Morgan fingerprint density at radius 1 is 1.18 bits per heavy atom. The number of aromatic nitrogens is 3. The molecule has 28 heavy (non-hydrogen) atoms. The van der Waals surface area contributed by atoms with Crippen LogP contribution in [0.1, 0.15) is 34.7 Å².